The summed E-state index contributed by atoms with van der Waals surface area (Å²) < 4.78 is 4.68. The number of carbonyl (C=O) groups excluding carboxylic acids is 1. The van der Waals surface area contributed by atoms with E-state index in [9.17, 15) is 4.79 Å². The second-order valence-electron chi connectivity index (χ2n) is 3.69. The second-order valence-corrected chi connectivity index (χ2v) is 3.69. The Labute approximate surface area is 67.4 Å². The fourth-order valence-corrected chi connectivity index (χ4v) is 0.517. The van der Waals surface area contributed by atoms with E-state index in [0.29, 0.717) is 6.61 Å². The van der Waals surface area contributed by atoms with Crippen LogP contribution < -0.4 is 0 Å². The van der Waals surface area contributed by atoms with Gasteiger partial charge in [-0.15, -0.1) is 0 Å². The van der Waals surface area contributed by atoms with Crippen LogP contribution in [0.2, 0.25) is 0 Å². The SMILES string of the molecule is CC(C)(C)CCOC(=O)CO. The molecule has 0 unspecified atom stereocenters. The summed E-state index contributed by atoms with van der Waals surface area (Å²) in [7, 11) is 0. The van der Waals surface area contributed by atoms with E-state index < -0.39 is 12.6 Å². The Morgan fingerprint density at radius 3 is 2.36 bits per heavy atom. The third-order valence-corrected chi connectivity index (χ3v) is 1.24. The van der Waals surface area contributed by atoms with Gasteiger partial charge >= 0.3 is 5.97 Å². The molecule has 3 heteroatoms. The van der Waals surface area contributed by atoms with Gasteiger partial charge in [0.15, 0.2) is 0 Å². The van der Waals surface area contributed by atoms with Crippen molar-refractivity contribution >= 4 is 5.97 Å². The highest BCUT2D eigenvalue weighted by molar-refractivity contribution is 5.70. The van der Waals surface area contributed by atoms with Crippen LogP contribution in [0.15, 0.2) is 0 Å². The molecule has 0 saturated carbocycles. The van der Waals surface area contributed by atoms with E-state index in [4.69, 9.17) is 5.11 Å². The summed E-state index contributed by atoms with van der Waals surface area (Å²) in [5.41, 5.74) is 0.176. The molecule has 0 amide bonds. The van der Waals surface area contributed by atoms with Gasteiger partial charge in [-0.1, -0.05) is 20.8 Å². The lowest BCUT2D eigenvalue weighted by molar-refractivity contribution is -0.147. The standard InChI is InChI=1S/C8H16O3/c1-8(2,3)4-5-11-7(10)6-9/h9H,4-6H2,1-3H3. The summed E-state index contributed by atoms with van der Waals surface area (Å²) in [4.78, 5) is 10.4. The Kier molecular flexibility index (Phi) is 4.11. The van der Waals surface area contributed by atoms with Crippen LogP contribution in [0.4, 0.5) is 0 Å². The maximum atomic E-state index is 10.4. The molecule has 0 saturated heterocycles. The van der Waals surface area contributed by atoms with E-state index >= 15 is 0 Å². The van der Waals surface area contributed by atoms with Crippen molar-refractivity contribution in [3.8, 4) is 0 Å². The van der Waals surface area contributed by atoms with Crippen molar-refractivity contribution in [2.24, 2.45) is 5.41 Å². The van der Waals surface area contributed by atoms with Gasteiger partial charge in [-0.05, 0) is 11.8 Å². The third kappa shape index (κ3) is 7.33. The molecule has 1 N–H and O–H groups in total. The lowest BCUT2D eigenvalue weighted by Gasteiger charge is -2.17. The number of hydrogen-bond acceptors (Lipinski definition) is 3. The molecule has 0 aromatic heterocycles. The van der Waals surface area contributed by atoms with Gasteiger partial charge in [0.2, 0.25) is 0 Å². The van der Waals surface area contributed by atoms with Gasteiger partial charge < -0.3 is 9.84 Å². The molecule has 0 fully saturated rings. The molecule has 0 rings (SSSR count). The minimum Gasteiger partial charge on any atom is -0.464 e. The first-order chi connectivity index (χ1) is 4.95. The van der Waals surface area contributed by atoms with Crippen LogP contribution in [0.3, 0.4) is 0 Å². The first-order valence-corrected chi connectivity index (χ1v) is 3.72. The van der Waals surface area contributed by atoms with Crippen LogP contribution in [0.1, 0.15) is 27.2 Å². The van der Waals surface area contributed by atoms with Crippen LogP contribution in [-0.2, 0) is 9.53 Å². The summed E-state index contributed by atoms with van der Waals surface area (Å²) in [6, 6.07) is 0. The molecule has 0 bridgehead atoms. The molecule has 0 spiro atoms. The van der Waals surface area contributed by atoms with Gasteiger partial charge in [0.05, 0.1) is 6.61 Å². The zero-order valence-electron chi connectivity index (χ0n) is 7.39. The van der Waals surface area contributed by atoms with Gasteiger partial charge in [0, 0.05) is 0 Å². The van der Waals surface area contributed by atoms with Gasteiger partial charge in [-0.2, -0.15) is 0 Å². The van der Waals surface area contributed by atoms with E-state index in [1.165, 1.54) is 0 Å². The molecule has 0 aromatic carbocycles. The minimum absolute atomic E-state index is 0.176. The highest BCUT2D eigenvalue weighted by Gasteiger charge is 2.10. The van der Waals surface area contributed by atoms with Gasteiger partial charge in [-0.3, -0.25) is 0 Å². The highest BCUT2D eigenvalue weighted by Crippen LogP contribution is 2.17. The zero-order valence-corrected chi connectivity index (χ0v) is 7.39. The quantitative estimate of drug-likeness (QED) is 0.625. The average Bonchev–Trinajstić information content (AvgIpc) is 1.85. The Morgan fingerprint density at radius 2 is 2.00 bits per heavy atom. The van der Waals surface area contributed by atoms with E-state index in [1.807, 2.05) is 0 Å². The Bertz CT molecular complexity index is 124. The molecule has 3 nitrogen and oxygen atoms in total. The van der Waals surface area contributed by atoms with Gasteiger partial charge in [-0.25, -0.2) is 4.79 Å². The predicted molar refractivity (Wildman–Crippen MR) is 42.1 cm³/mol. The highest BCUT2D eigenvalue weighted by atomic mass is 16.5. The van der Waals surface area contributed by atoms with Crippen LogP contribution in [-0.4, -0.2) is 24.3 Å². The largest absolute Gasteiger partial charge is 0.464 e. The number of aliphatic hydroxyl groups excluding tert-OH is 1. The smallest absolute Gasteiger partial charge is 0.331 e. The van der Waals surface area contributed by atoms with Crippen LogP contribution in [0.5, 0.6) is 0 Å². The molecule has 0 aliphatic heterocycles. The van der Waals surface area contributed by atoms with Crippen LogP contribution in [0.25, 0.3) is 0 Å². The number of esters is 1. The first-order valence-electron chi connectivity index (χ1n) is 3.72. The fraction of sp³-hybridized carbons (Fsp3) is 0.875. The molecule has 66 valence electrons. The Balaban J connectivity index is 3.35. The maximum Gasteiger partial charge on any atom is 0.331 e. The molecule has 0 aliphatic carbocycles. The van der Waals surface area contributed by atoms with Crippen LogP contribution >= 0.6 is 0 Å². The lowest BCUT2D eigenvalue weighted by atomic mass is 9.93. The minimum atomic E-state index is -0.547. The van der Waals surface area contributed by atoms with E-state index in [-0.39, 0.29) is 5.41 Å². The predicted octanol–water partition coefficient (Wildman–Crippen LogP) is 0.958. The number of ether oxygens (including phenoxy) is 1. The number of hydrogen-bond donors (Lipinski definition) is 1. The lowest BCUT2D eigenvalue weighted by Crippen LogP contribution is -2.14. The zero-order chi connectivity index (χ0) is 8.91. The van der Waals surface area contributed by atoms with Gasteiger partial charge in [0.25, 0.3) is 0 Å². The molecule has 0 atom stereocenters. The third-order valence-electron chi connectivity index (χ3n) is 1.24. The Morgan fingerprint density at radius 1 is 1.45 bits per heavy atom. The summed E-state index contributed by atoms with van der Waals surface area (Å²) in [5.74, 6) is -0.547. The molecule has 0 radical (unpaired) electrons. The van der Waals surface area contributed by atoms with Crippen molar-refractivity contribution in [3.63, 3.8) is 0 Å². The summed E-state index contributed by atoms with van der Waals surface area (Å²) in [6.07, 6.45) is 0.818. The van der Waals surface area contributed by atoms with Crippen molar-refractivity contribution in [3.05, 3.63) is 0 Å². The summed E-state index contributed by atoms with van der Waals surface area (Å²) in [6.45, 7) is 6.08. The Hall–Kier alpha value is -0.570. The van der Waals surface area contributed by atoms with Crippen molar-refractivity contribution < 1.29 is 14.6 Å². The molecular formula is C8H16O3. The monoisotopic (exact) mass is 160 g/mol. The van der Waals surface area contributed by atoms with Crippen LogP contribution in [0, 0.1) is 5.41 Å². The number of carbonyl (C=O) groups is 1. The molecular weight excluding hydrogens is 144 g/mol. The second kappa shape index (κ2) is 4.34. The normalized spacial score (nSPS) is 11.3. The van der Waals surface area contributed by atoms with Crippen molar-refractivity contribution in [1.29, 1.82) is 0 Å². The topological polar surface area (TPSA) is 46.5 Å². The molecule has 0 heterocycles. The number of aliphatic hydroxyl groups is 1. The maximum absolute atomic E-state index is 10.4. The summed E-state index contributed by atoms with van der Waals surface area (Å²) in [5, 5.41) is 8.29. The first kappa shape index (κ1) is 10.4. The van der Waals surface area contributed by atoms with Gasteiger partial charge in [0.1, 0.15) is 6.61 Å². The molecule has 0 aliphatic rings. The van der Waals surface area contributed by atoms with Crippen molar-refractivity contribution in [1.82, 2.24) is 0 Å². The van der Waals surface area contributed by atoms with E-state index in [2.05, 4.69) is 25.5 Å². The van der Waals surface area contributed by atoms with Crippen molar-refractivity contribution in [2.45, 2.75) is 27.2 Å². The summed E-state index contributed by atoms with van der Waals surface area (Å²) >= 11 is 0. The fourth-order valence-electron chi connectivity index (χ4n) is 0.517. The molecule has 11 heavy (non-hydrogen) atoms. The van der Waals surface area contributed by atoms with E-state index in [0.717, 1.165) is 6.42 Å². The van der Waals surface area contributed by atoms with E-state index in [1.54, 1.807) is 0 Å². The number of rotatable bonds is 3. The average molecular weight is 160 g/mol. The van der Waals surface area contributed by atoms with Crippen molar-refractivity contribution in [2.75, 3.05) is 13.2 Å². The molecule has 0 aromatic rings.